The third-order valence-electron chi connectivity index (χ3n) is 6.06. The van der Waals surface area contributed by atoms with Gasteiger partial charge in [-0.25, -0.2) is 0 Å². The van der Waals surface area contributed by atoms with Gasteiger partial charge in [-0.2, -0.15) is 0 Å². The summed E-state index contributed by atoms with van der Waals surface area (Å²) in [4.78, 5) is 40.9. The van der Waals surface area contributed by atoms with Crippen LogP contribution in [0.1, 0.15) is 58.0 Å². The Balaban J connectivity index is 1.52. The Morgan fingerprint density at radius 3 is 2.20 bits per heavy atom. The minimum atomic E-state index is -0.552. The van der Waals surface area contributed by atoms with E-state index in [2.05, 4.69) is 10.6 Å². The van der Waals surface area contributed by atoms with E-state index in [4.69, 9.17) is 11.6 Å². The monoisotopic (exact) mass is 489 g/mol. The highest BCUT2D eigenvalue weighted by molar-refractivity contribution is 6.31. The highest BCUT2D eigenvalue weighted by Gasteiger charge is 2.24. The molecular formula is C28H28ClN3O3. The summed E-state index contributed by atoms with van der Waals surface area (Å²) in [6.07, 6.45) is 3.05. The molecule has 1 heterocycles. The Morgan fingerprint density at radius 1 is 0.857 bits per heavy atom. The van der Waals surface area contributed by atoms with E-state index < -0.39 is 6.04 Å². The van der Waals surface area contributed by atoms with Crippen molar-refractivity contribution in [1.82, 2.24) is 10.2 Å². The van der Waals surface area contributed by atoms with Crippen LogP contribution in [0.2, 0.25) is 5.02 Å². The molecule has 6 nitrogen and oxygen atoms in total. The number of carbonyl (C=O) groups is 3. The van der Waals surface area contributed by atoms with Crippen LogP contribution in [-0.2, 0) is 4.79 Å². The van der Waals surface area contributed by atoms with Crippen molar-refractivity contribution in [3.8, 4) is 0 Å². The summed E-state index contributed by atoms with van der Waals surface area (Å²) >= 11 is 6.20. The predicted octanol–water partition coefficient (Wildman–Crippen LogP) is 5.47. The van der Waals surface area contributed by atoms with Gasteiger partial charge in [0.05, 0.1) is 23.7 Å². The van der Waals surface area contributed by atoms with Crippen molar-refractivity contribution in [2.45, 2.75) is 31.7 Å². The molecule has 35 heavy (non-hydrogen) atoms. The van der Waals surface area contributed by atoms with Crippen LogP contribution in [0.4, 0.5) is 5.69 Å². The minimum absolute atomic E-state index is 0.00750. The lowest BCUT2D eigenvalue weighted by molar-refractivity contribution is -0.116. The number of hydrogen-bond donors (Lipinski definition) is 2. The van der Waals surface area contributed by atoms with Crippen LogP contribution in [0.25, 0.3) is 0 Å². The molecule has 0 aliphatic carbocycles. The Bertz CT molecular complexity index is 1180. The molecule has 4 rings (SSSR count). The van der Waals surface area contributed by atoms with Gasteiger partial charge in [0.25, 0.3) is 11.8 Å². The summed E-state index contributed by atoms with van der Waals surface area (Å²) in [6.45, 7) is 1.41. The fraction of sp³-hybridized carbons (Fsp3) is 0.250. The van der Waals surface area contributed by atoms with Gasteiger partial charge in [-0.1, -0.05) is 60.1 Å². The average Bonchev–Trinajstić information content (AvgIpc) is 2.89. The van der Waals surface area contributed by atoms with Crippen LogP contribution in [0, 0.1) is 0 Å². The number of likely N-dealkylation sites (tertiary alicyclic amines) is 1. The molecule has 0 aromatic heterocycles. The maximum Gasteiger partial charge on any atom is 0.255 e. The molecule has 3 aromatic carbocycles. The van der Waals surface area contributed by atoms with Crippen LogP contribution in [0.15, 0.2) is 78.9 Å². The summed E-state index contributed by atoms with van der Waals surface area (Å²) in [7, 11) is 0. The highest BCUT2D eigenvalue weighted by atomic mass is 35.5. The molecule has 2 N–H and O–H groups in total. The van der Waals surface area contributed by atoms with Crippen molar-refractivity contribution in [1.29, 1.82) is 0 Å². The second kappa shape index (κ2) is 11.7. The third kappa shape index (κ3) is 6.49. The average molecular weight is 490 g/mol. The summed E-state index contributed by atoms with van der Waals surface area (Å²) < 4.78 is 0. The Morgan fingerprint density at radius 2 is 1.51 bits per heavy atom. The van der Waals surface area contributed by atoms with Gasteiger partial charge in [0, 0.05) is 23.7 Å². The molecule has 1 fully saturated rings. The van der Waals surface area contributed by atoms with Crippen molar-refractivity contribution < 1.29 is 14.4 Å². The molecule has 1 atom stereocenters. The maximum absolute atomic E-state index is 13.1. The van der Waals surface area contributed by atoms with Crippen LogP contribution < -0.4 is 10.6 Å². The van der Waals surface area contributed by atoms with E-state index in [0.29, 0.717) is 34.9 Å². The van der Waals surface area contributed by atoms with E-state index in [9.17, 15) is 14.4 Å². The number of piperidine rings is 1. The standard InChI is InChI=1S/C28H28ClN3O3/c29-22-14-15-23(28(35)32-16-8-3-9-17-32)25(18-22)30-26(33)19-24(20-10-4-1-5-11-20)31-27(34)21-12-6-2-7-13-21/h1-2,4-7,10-15,18,24H,3,8-9,16-17,19H2,(H,30,33)(H,31,34). The zero-order chi connectivity index (χ0) is 24.6. The van der Waals surface area contributed by atoms with E-state index in [1.165, 1.54) is 0 Å². The molecule has 1 unspecified atom stereocenters. The van der Waals surface area contributed by atoms with Crippen molar-refractivity contribution in [3.05, 3.63) is 101 Å². The van der Waals surface area contributed by atoms with Crippen LogP contribution in [-0.4, -0.2) is 35.7 Å². The summed E-state index contributed by atoms with van der Waals surface area (Å²) in [6, 6.07) is 22.6. The lowest BCUT2D eigenvalue weighted by atomic mass is 10.0. The Kier molecular flexibility index (Phi) is 8.16. The SMILES string of the molecule is O=C(CC(NC(=O)c1ccccc1)c1ccccc1)Nc1cc(Cl)ccc1C(=O)N1CCCCC1. The number of nitrogens with one attached hydrogen (secondary N) is 2. The molecule has 0 saturated carbocycles. The molecule has 0 spiro atoms. The first-order valence-electron chi connectivity index (χ1n) is 11.8. The van der Waals surface area contributed by atoms with E-state index in [0.717, 1.165) is 24.8 Å². The van der Waals surface area contributed by atoms with E-state index >= 15 is 0 Å². The first-order valence-corrected chi connectivity index (χ1v) is 12.2. The van der Waals surface area contributed by atoms with Crippen molar-refractivity contribution >= 4 is 35.0 Å². The first-order chi connectivity index (χ1) is 17.0. The smallest absolute Gasteiger partial charge is 0.255 e. The first kappa shape index (κ1) is 24.5. The van der Waals surface area contributed by atoms with Gasteiger partial charge in [-0.05, 0) is 55.2 Å². The highest BCUT2D eigenvalue weighted by Crippen LogP contribution is 2.25. The van der Waals surface area contributed by atoms with Gasteiger partial charge in [0.2, 0.25) is 5.91 Å². The summed E-state index contributed by atoms with van der Waals surface area (Å²) in [5, 5.41) is 6.25. The fourth-order valence-electron chi connectivity index (χ4n) is 4.23. The number of hydrogen-bond acceptors (Lipinski definition) is 3. The summed E-state index contributed by atoms with van der Waals surface area (Å²) in [5.41, 5.74) is 2.11. The second-order valence-corrected chi connectivity index (χ2v) is 9.03. The van der Waals surface area contributed by atoms with Crippen molar-refractivity contribution in [2.24, 2.45) is 0 Å². The maximum atomic E-state index is 13.1. The van der Waals surface area contributed by atoms with Crippen molar-refractivity contribution in [3.63, 3.8) is 0 Å². The predicted molar refractivity (Wildman–Crippen MR) is 138 cm³/mol. The molecule has 0 bridgehead atoms. The minimum Gasteiger partial charge on any atom is -0.345 e. The molecule has 1 aliphatic heterocycles. The zero-order valence-electron chi connectivity index (χ0n) is 19.4. The number of nitrogens with zero attached hydrogens (tertiary/aromatic N) is 1. The lowest BCUT2D eigenvalue weighted by Gasteiger charge is -2.27. The molecule has 1 saturated heterocycles. The van der Waals surface area contributed by atoms with Crippen LogP contribution in [0.5, 0.6) is 0 Å². The van der Waals surface area contributed by atoms with Crippen LogP contribution >= 0.6 is 11.6 Å². The molecule has 7 heteroatoms. The molecule has 3 aromatic rings. The zero-order valence-corrected chi connectivity index (χ0v) is 20.1. The quantitative estimate of drug-likeness (QED) is 0.462. The van der Waals surface area contributed by atoms with Gasteiger partial charge in [-0.3, -0.25) is 14.4 Å². The number of amides is 3. The lowest BCUT2D eigenvalue weighted by Crippen LogP contribution is -2.36. The largest absolute Gasteiger partial charge is 0.345 e. The number of carbonyl (C=O) groups excluding carboxylic acids is 3. The molecule has 0 radical (unpaired) electrons. The normalized spacial score (nSPS) is 14.1. The number of halogens is 1. The number of anilines is 1. The number of benzene rings is 3. The summed E-state index contributed by atoms with van der Waals surface area (Å²) in [5.74, 6) is -0.716. The molecule has 1 aliphatic rings. The Hall–Kier alpha value is -3.64. The second-order valence-electron chi connectivity index (χ2n) is 8.60. The van der Waals surface area contributed by atoms with E-state index in [1.54, 1.807) is 42.5 Å². The van der Waals surface area contributed by atoms with Crippen molar-refractivity contribution in [2.75, 3.05) is 18.4 Å². The number of rotatable bonds is 7. The third-order valence-corrected chi connectivity index (χ3v) is 6.30. The molecule has 3 amide bonds. The van der Waals surface area contributed by atoms with Gasteiger partial charge in [-0.15, -0.1) is 0 Å². The van der Waals surface area contributed by atoms with Crippen LogP contribution in [0.3, 0.4) is 0 Å². The van der Waals surface area contributed by atoms with Gasteiger partial charge in [0.15, 0.2) is 0 Å². The van der Waals surface area contributed by atoms with E-state index in [1.807, 2.05) is 41.3 Å². The Labute approximate surface area is 210 Å². The fourth-order valence-corrected chi connectivity index (χ4v) is 4.40. The van der Waals surface area contributed by atoms with Gasteiger partial charge >= 0.3 is 0 Å². The van der Waals surface area contributed by atoms with E-state index in [-0.39, 0.29) is 24.1 Å². The topological polar surface area (TPSA) is 78.5 Å². The van der Waals surface area contributed by atoms with Gasteiger partial charge in [0.1, 0.15) is 0 Å². The molecular weight excluding hydrogens is 462 g/mol. The van der Waals surface area contributed by atoms with Gasteiger partial charge < -0.3 is 15.5 Å². The molecule has 180 valence electrons.